The lowest BCUT2D eigenvalue weighted by Crippen LogP contribution is -1.98. The van der Waals surface area contributed by atoms with Gasteiger partial charge in [-0.2, -0.15) is 0 Å². The number of hydrogen-bond acceptors (Lipinski definition) is 2. The van der Waals surface area contributed by atoms with Gasteiger partial charge in [-0.25, -0.2) is 9.78 Å². The van der Waals surface area contributed by atoms with E-state index in [1.165, 1.54) is 70.6 Å². The number of H-pyrrole nitrogens is 1. The SMILES string of the molecule is CCCCCCCCCCCCCCc1cccc2[nH]c(C(=O)O)nc12. The van der Waals surface area contributed by atoms with Crippen molar-refractivity contribution in [3.05, 3.63) is 29.6 Å². The van der Waals surface area contributed by atoms with Gasteiger partial charge in [0.05, 0.1) is 11.0 Å². The van der Waals surface area contributed by atoms with E-state index in [-0.39, 0.29) is 5.82 Å². The molecule has 0 spiro atoms. The van der Waals surface area contributed by atoms with Crippen LogP contribution in [0.15, 0.2) is 18.2 Å². The van der Waals surface area contributed by atoms with Crippen molar-refractivity contribution >= 4 is 17.0 Å². The maximum Gasteiger partial charge on any atom is 0.371 e. The molecule has 1 aromatic carbocycles. The lowest BCUT2D eigenvalue weighted by Gasteiger charge is -2.04. The monoisotopic (exact) mass is 358 g/mol. The number of carboxylic acids is 1. The van der Waals surface area contributed by atoms with Crippen molar-refractivity contribution in [1.29, 1.82) is 0 Å². The molecule has 0 aliphatic rings. The van der Waals surface area contributed by atoms with Gasteiger partial charge in [-0.1, -0.05) is 89.7 Å². The van der Waals surface area contributed by atoms with Crippen LogP contribution in [0.2, 0.25) is 0 Å². The molecule has 2 rings (SSSR count). The van der Waals surface area contributed by atoms with Crippen molar-refractivity contribution in [2.75, 3.05) is 0 Å². The summed E-state index contributed by atoms with van der Waals surface area (Å²) in [4.78, 5) is 18.2. The highest BCUT2D eigenvalue weighted by Crippen LogP contribution is 2.19. The number of aromatic carboxylic acids is 1. The number of nitrogens with zero attached hydrogens (tertiary/aromatic N) is 1. The number of carboxylic acid groups (broad SMARTS) is 1. The Labute approximate surface area is 157 Å². The summed E-state index contributed by atoms with van der Waals surface area (Å²) in [5.74, 6) is -0.973. The molecular weight excluding hydrogens is 324 g/mol. The molecule has 0 atom stereocenters. The Morgan fingerprint density at radius 3 is 2.08 bits per heavy atom. The smallest absolute Gasteiger partial charge is 0.371 e. The quantitative estimate of drug-likeness (QED) is 0.378. The molecule has 2 aromatic rings. The van der Waals surface area contributed by atoms with E-state index in [4.69, 9.17) is 5.11 Å². The van der Waals surface area contributed by atoms with Crippen LogP contribution in [0.4, 0.5) is 0 Å². The van der Waals surface area contributed by atoms with E-state index in [0.717, 1.165) is 29.4 Å². The van der Waals surface area contributed by atoms with Gasteiger partial charge in [0, 0.05) is 0 Å². The number of fused-ring (bicyclic) bond motifs is 1. The highest BCUT2D eigenvalue weighted by Gasteiger charge is 2.11. The molecule has 0 fully saturated rings. The number of aromatic nitrogens is 2. The van der Waals surface area contributed by atoms with Gasteiger partial charge in [0.25, 0.3) is 0 Å². The molecule has 1 heterocycles. The first kappa shape index (κ1) is 20.5. The van der Waals surface area contributed by atoms with E-state index < -0.39 is 5.97 Å². The fraction of sp³-hybridized carbons (Fsp3) is 0.636. The molecule has 144 valence electrons. The zero-order valence-electron chi connectivity index (χ0n) is 16.2. The maximum absolute atomic E-state index is 11.1. The largest absolute Gasteiger partial charge is 0.475 e. The fourth-order valence-electron chi connectivity index (χ4n) is 3.55. The number of benzene rings is 1. The second-order valence-corrected chi connectivity index (χ2v) is 7.34. The summed E-state index contributed by atoms with van der Waals surface area (Å²) in [5, 5.41) is 9.07. The van der Waals surface area contributed by atoms with Gasteiger partial charge in [-0.05, 0) is 24.5 Å². The van der Waals surface area contributed by atoms with E-state index in [1.807, 2.05) is 12.1 Å². The number of nitrogens with one attached hydrogen (secondary N) is 1. The predicted molar refractivity (Wildman–Crippen MR) is 108 cm³/mol. The van der Waals surface area contributed by atoms with Crippen LogP contribution in [0.3, 0.4) is 0 Å². The number of aromatic amines is 1. The molecular formula is C22H34N2O2. The minimum Gasteiger partial charge on any atom is -0.475 e. The third kappa shape index (κ3) is 6.81. The predicted octanol–water partition coefficient (Wildman–Crippen LogP) is 6.50. The van der Waals surface area contributed by atoms with Crippen molar-refractivity contribution < 1.29 is 9.90 Å². The van der Waals surface area contributed by atoms with Gasteiger partial charge < -0.3 is 10.1 Å². The van der Waals surface area contributed by atoms with Crippen LogP contribution in [0, 0.1) is 0 Å². The first-order chi connectivity index (χ1) is 12.7. The van der Waals surface area contributed by atoms with Gasteiger partial charge >= 0.3 is 5.97 Å². The summed E-state index contributed by atoms with van der Waals surface area (Å²) >= 11 is 0. The molecule has 0 bridgehead atoms. The first-order valence-electron chi connectivity index (χ1n) is 10.4. The Morgan fingerprint density at radius 1 is 0.923 bits per heavy atom. The van der Waals surface area contributed by atoms with Gasteiger partial charge in [0.15, 0.2) is 0 Å². The normalized spacial score (nSPS) is 11.3. The molecule has 0 radical (unpaired) electrons. The van der Waals surface area contributed by atoms with Gasteiger partial charge in [-0.3, -0.25) is 0 Å². The van der Waals surface area contributed by atoms with E-state index in [9.17, 15) is 4.79 Å². The summed E-state index contributed by atoms with van der Waals surface area (Å²) in [7, 11) is 0. The van der Waals surface area contributed by atoms with E-state index in [2.05, 4.69) is 23.0 Å². The van der Waals surface area contributed by atoms with Crippen molar-refractivity contribution in [3.8, 4) is 0 Å². The van der Waals surface area contributed by atoms with Crippen molar-refractivity contribution in [3.63, 3.8) is 0 Å². The highest BCUT2D eigenvalue weighted by atomic mass is 16.4. The zero-order valence-corrected chi connectivity index (χ0v) is 16.2. The van der Waals surface area contributed by atoms with Crippen molar-refractivity contribution in [2.24, 2.45) is 0 Å². The molecule has 0 aliphatic heterocycles. The molecule has 2 N–H and O–H groups in total. The van der Waals surface area contributed by atoms with Gasteiger partial charge in [-0.15, -0.1) is 0 Å². The van der Waals surface area contributed by atoms with E-state index in [0.29, 0.717) is 0 Å². The van der Waals surface area contributed by atoms with Crippen LogP contribution < -0.4 is 0 Å². The molecule has 26 heavy (non-hydrogen) atoms. The molecule has 4 heteroatoms. The maximum atomic E-state index is 11.1. The van der Waals surface area contributed by atoms with Gasteiger partial charge in [0.1, 0.15) is 0 Å². The average Bonchev–Trinajstić information content (AvgIpc) is 3.08. The minimum atomic E-state index is -1.00. The third-order valence-electron chi connectivity index (χ3n) is 5.10. The third-order valence-corrected chi connectivity index (χ3v) is 5.10. The topological polar surface area (TPSA) is 66.0 Å². The molecule has 1 aromatic heterocycles. The molecule has 0 saturated heterocycles. The molecule has 0 aliphatic carbocycles. The van der Waals surface area contributed by atoms with Crippen LogP contribution in [0.25, 0.3) is 11.0 Å². The number of hydrogen-bond donors (Lipinski definition) is 2. The highest BCUT2D eigenvalue weighted by molar-refractivity contribution is 5.89. The second-order valence-electron chi connectivity index (χ2n) is 7.34. The van der Waals surface area contributed by atoms with Crippen molar-refractivity contribution in [1.82, 2.24) is 9.97 Å². The van der Waals surface area contributed by atoms with E-state index >= 15 is 0 Å². The lowest BCUT2D eigenvalue weighted by atomic mass is 10.0. The zero-order chi connectivity index (χ0) is 18.6. The Hall–Kier alpha value is -1.84. The number of para-hydroxylation sites is 1. The summed E-state index contributed by atoms with van der Waals surface area (Å²) in [6.45, 7) is 2.27. The Kier molecular flexibility index (Phi) is 9.22. The molecule has 4 nitrogen and oxygen atoms in total. The average molecular weight is 359 g/mol. The summed E-state index contributed by atoms with van der Waals surface area (Å²) in [5.41, 5.74) is 2.78. The minimum absolute atomic E-state index is 0.0298. The van der Waals surface area contributed by atoms with Gasteiger partial charge in [0.2, 0.25) is 5.82 Å². The molecule has 0 unspecified atom stereocenters. The standard InChI is InChI=1S/C22H34N2O2/c1-2-3-4-5-6-7-8-9-10-11-12-13-15-18-16-14-17-19-20(18)24-21(23-19)22(25)26/h14,16-17H,2-13,15H2,1H3,(H,23,24)(H,25,26). The van der Waals surface area contributed by atoms with Crippen LogP contribution in [0.1, 0.15) is 100 Å². The van der Waals surface area contributed by atoms with Crippen LogP contribution in [-0.2, 0) is 6.42 Å². The summed E-state index contributed by atoms with van der Waals surface area (Å²) in [6.07, 6.45) is 17.1. The summed E-state index contributed by atoms with van der Waals surface area (Å²) < 4.78 is 0. The number of unbranched alkanes of at least 4 members (excludes halogenated alkanes) is 11. The number of rotatable bonds is 14. The Morgan fingerprint density at radius 2 is 1.50 bits per heavy atom. The lowest BCUT2D eigenvalue weighted by molar-refractivity contribution is 0.0685. The van der Waals surface area contributed by atoms with Crippen molar-refractivity contribution in [2.45, 2.75) is 90.4 Å². The number of imidazole rings is 1. The van der Waals surface area contributed by atoms with Crippen LogP contribution >= 0.6 is 0 Å². The second kappa shape index (κ2) is 11.7. The Bertz CT molecular complexity index is 663. The summed E-state index contributed by atoms with van der Waals surface area (Å²) in [6, 6.07) is 5.93. The van der Waals surface area contributed by atoms with Crippen LogP contribution in [0.5, 0.6) is 0 Å². The van der Waals surface area contributed by atoms with E-state index in [1.54, 1.807) is 0 Å². The Balaban J connectivity index is 1.58. The first-order valence-corrected chi connectivity index (χ1v) is 10.4. The number of aryl methyl sites for hydroxylation is 1. The fourth-order valence-corrected chi connectivity index (χ4v) is 3.55. The van der Waals surface area contributed by atoms with Crippen LogP contribution in [-0.4, -0.2) is 21.0 Å². The number of carbonyl (C=O) groups is 1. The molecule has 0 saturated carbocycles. The molecule has 0 amide bonds.